The molecule has 0 saturated carbocycles. The van der Waals surface area contributed by atoms with E-state index in [0.29, 0.717) is 5.69 Å². The lowest BCUT2D eigenvalue weighted by atomic mass is 9.99. The Morgan fingerprint density at radius 2 is 1.96 bits per heavy atom. The summed E-state index contributed by atoms with van der Waals surface area (Å²) in [5.41, 5.74) is 3.11. The molecule has 24 heavy (non-hydrogen) atoms. The van der Waals surface area contributed by atoms with E-state index in [4.69, 9.17) is 0 Å². The molecule has 1 heterocycles. The number of carbonyl (C=O) groups excluding carboxylic acids is 1. The Balaban J connectivity index is 1.61. The van der Waals surface area contributed by atoms with E-state index in [-0.39, 0.29) is 17.8 Å². The summed E-state index contributed by atoms with van der Waals surface area (Å²) in [5, 5.41) is 2.80. The molecular weight excluding hydrogens is 303 g/mol. The molecule has 2 atom stereocenters. The SMILES string of the molecule is C[C@H](C(=O)Nc1cccc(F)c1)[NH+]1CC=C(c2ccccc2)CC1. The molecular formula is C20H22FN2O+. The topological polar surface area (TPSA) is 33.5 Å². The van der Waals surface area contributed by atoms with Crippen LogP contribution in [-0.4, -0.2) is 25.0 Å². The first-order valence-electron chi connectivity index (χ1n) is 8.29. The van der Waals surface area contributed by atoms with Gasteiger partial charge >= 0.3 is 0 Å². The molecule has 0 aliphatic carbocycles. The number of halogens is 1. The molecule has 0 radical (unpaired) electrons. The van der Waals surface area contributed by atoms with Crippen LogP contribution in [-0.2, 0) is 4.79 Å². The van der Waals surface area contributed by atoms with Crippen molar-refractivity contribution in [1.82, 2.24) is 0 Å². The Kier molecular flexibility index (Phi) is 5.06. The molecule has 0 saturated heterocycles. The van der Waals surface area contributed by atoms with E-state index in [9.17, 15) is 9.18 Å². The third-order valence-corrected chi connectivity index (χ3v) is 4.57. The van der Waals surface area contributed by atoms with Crippen molar-refractivity contribution < 1.29 is 14.1 Å². The van der Waals surface area contributed by atoms with Gasteiger partial charge in [-0.15, -0.1) is 0 Å². The molecule has 0 fully saturated rings. The highest BCUT2D eigenvalue weighted by Crippen LogP contribution is 2.18. The van der Waals surface area contributed by atoms with Crippen molar-refractivity contribution in [3.05, 3.63) is 72.1 Å². The molecule has 1 aliphatic heterocycles. The van der Waals surface area contributed by atoms with E-state index in [1.165, 1.54) is 28.2 Å². The molecule has 3 nitrogen and oxygen atoms in total. The third kappa shape index (κ3) is 3.89. The van der Waals surface area contributed by atoms with Crippen LogP contribution in [0.1, 0.15) is 18.9 Å². The molecule has 1 amide bonds. The number of anilines is 1. The van der Waals surface area contributed by atoms with Crippen molar-refractivity contribution in [3.8, 4) is 0 Å². The molecule has 0 bridgehead atoms. The van der Waals surface area contributed by atoms with E-state index >= 15 is 0 Å². The van der Waals surface area contributed by atoms with Crippen LogP contribution in [0.2, 0.25) is 0 Å². The molecule has 4 heteroatoms. The summed E-state index contributed by atoms with van der Waals surface area (Å²) in [7, 11) is 0. The summed E-state index contributed by atoms with van der Waals surface area (Å²) in [4.78, 5) is 13.6. The van der Waals surface area contributed by atoms with E-state index in [0.717, 1.165) is 19.5 Å². The number of amides is 1. The number of nitrogens with one attached hydrogen (secondary N) is 2. The Morgan fingerprint density at radius 1 is 1.17 bits per heavy atom. The molecule has 124 valence electrons. The number of benzene rings is 2. The smallest absolute Gasteiger partial charge is 0.282 e. The zero-order valence-corrected chi connectivity index (χ0v) is 13.8. The Bertz CT molecular complexity index is 742. The van der Waals surface area contributed by atoms with Crippen LogP contribution >= 0.6 is 0 Å². The first-order chi connectivity index (χ1) is 11.6. The van der Waals surface area contributed by atoms with Gasteiger partial charge in [0.25, 0.3) is 5.91 Å². The normalized spacial score (nSPS) is 18.6. The fraction of sp³-hybridized carbons (Fsp3) is 0.250. The second-order valence-corrected chi connectivity index (χ2v) is 6.18. The van der Waals surface area contributed by atoms with E-state index in [1.54, 1.807) is 12.1 Å². The maximum atomic E-state index is 13.2. The van der Waals surface area contributed by atoms with E-state index in [2.05, 4.69) is 23.5 Å². The van der Waals surface area contributed by atoms with Crippen molar-refractivity contribution >= 4 is 17.2 Å². The van der Waals surface area contributed by atoms with Crippen molar-refractivity contribution in [1.29, 1.82) is 0 Å². The summed E-state index contributed by atoms with van der Waals surface area (Å²) in [6.45, 7) is 3.66. The van der Waals surface area contributed by atoms with Gasteiger partial charge in [-0.1, -0.05) is 36.4 Å². The average Bonchev–Trinajstić information content (AvgIpc) is 2.62. The van der Waals surface area contributed by atoms with E-state index in [1.807, 2.05) is 25.1 Å². The number of hydrogen-bond donors (Lipinski definition) is 2. The molecule has 2 N–H and O–H groups in total. The summed E-state index contributed by atoms with van der Waals surface area (Å²) in [5.74, 6) is -0.423. The molecule has 1 aliphatic rings. The summed E-state index contributed by atoms with van der Waals surface area (Å²) in [6, 6.07) is 16.2. The van der Waals surface area contributed by atoms with Crippen LogP contribution in [0.15, 0.2) is 60.7 Å². The van der Waals surface area contributed by atoms with Gasteiger partial charge in [-0.3, -0.25) is 4.79 Å². The molecule has 0 aromatic heterocycles. The lowest BCUT2D eigenvalue weighted by molar-refractivity contribution is -0.909. The van der Waals surface area contributed by atoms with Crippen LogP contribution in [0.25, 0.3) is 5.57 Å². The minimum Gasteiger partial charge on any atom is -0.321 e. The van der Waals surface area contributed by atoms with Gasteiger partial charge in [-0.05, 0) is 42.3 Å². The van der Waals surface area contributed by atoms with Crippen molar-refractivity contribution in [2.75, 3.05) is 18.4 Å². The number of rotatable bonds is 4. The minimum absolute atomic E-state index is 0.0767. The first-order valence-corrected chi connectivity index (χ1v) is 8.29. The van der Waals surface area contributed by atoms with Gasteiger partial charge in [-0.25, -0.2) is 4.39 Å². The van der Waals surface area contributed by atoms with Crippen molar-refractivity contribution in [2.24, 2.45) is 0 Å². The number of hydrogen-bond acceptors (Lipinski definition) is 1. The van der Waals surface area contributed by atoms with Crippen molar-refractivity contribution in [3.63, 3.8) is 0 Å². The maximum absolute atomic E-state index is 13.2. The fourth-order valence-corrected chi connectivity index (χ4v) is 3.06. The van der Waals surface area contributed by atoms with Crippen molar-refractivity contribution in [2.45, 2.75) is 19.4 Å². The maximum Gasteiger partial charge on any atom is 0.282 e. The fourth-order valence-electron chi connectivity index (χ4n) is 3.06. The van der Waals surface area contributed by atoms with Gasteiger partial charge in [0, 0.05) is 12.1 Å². The van der Waals surface area contributed by atoms with Crippen LogP contribution in [0, 0.1) is 5.82 Å². The predicted molar refractivity (Wildman–Crippen MR) is 94.2 cm³/mol. The number of carbonyl (C=O) groups is 1. The molecule has 0 spiro atoms. The quantitative estimate of drug-likeness (QED) is 0.890. The minimum atomic E-state index is -0.346. The van der Waals surface area contributed by atoms with Crippen LogP contribution in [0.4, 0.5) is 10.1 Å². The van der Waals surface area contributed by atoms with Gasteiger partial charge in [0.15, 0.2) is 6.04 Å². The Labute approximate surface area is 141 Å². The molecule has 2 aromatic rings. The zero-order chi connectivity index (χ0) is 16.9. The van der Waals surface area contributed by atoms with Gasteiger partial charge in [-0.2, -0.15) is 0 Å². The van der Waals surface area contributed by atoms with Gasteiger partial charge < -0.3 is 10.2 Å². The van der Waals surface area contributed by atoms with Gasteiger partial charge in [0.2, 0.25) is 0 Å². The third-order valence-electron chi connectivity index (χ3n) is 4.57. The molecule has 1 unspecified atom stereocenters. The van der Waals surface area contributed by atoms with Crippen LogP contribution < -0.4 is 10.2 Å². The van der Waals surface area contributed by atoms with Gasteiger partial charge in [0.1, 0.15) is 5.82 Å². The second kappa shape index (κ2) is 7.41. The average molecular weight is 325 g/mol. The zero-order valence-electron chi connectivity index (χ0n) is 13.8. The lowest BCUT2D eigenvalue weighted by Crippen LogP contribution is -3.17. The molecule has 2 aromatic carbocycles. The highest BCUT2D eigenvalue weighted by molar-refractivity contribution is 5.93. The summed E-state index contributed by atoms with van der Waals surface area (Å²) < 4.78 is 13.2. The highest BCUT2D eigenvalue weighted by Gasteiger charge is 2.27. The Hall–Kier alpha value is -2.46. The van der Waals surface area contributed by atoms with Crippen LogP contribution in [0.3, 0.4) is 0 Å². The highest BCUT2D eigenvalue weighted by atomic mass is 19.1. The monoisotopic (exact) mass is 325 g/mol. The largest absolute Gasteiger partial charge is 0.321 e. The lowest BCUT2D eigenvalue weighted by Gasteiger charge is -2.28. The second-order valence-electron chi connectivity index (χ2n) is 6.18. The molecule has 3 rings (SSSR count). The standard InChI is InChI=1S/C20H21FN2O/c1-15(20(24)22-19-9-5-8-18(21)14-19)23-12-10-17(11-13-23)16-6-3-2-4-7-16/h2-10,14-15H,11-13H2,1H3,(H,22,24)/p+1/t15-/m1/s1. The summed E-state index contributed by atoms with van der Waals surface area (Å²) >= 11 is 0. The van der Waals surface area contributed by atoms with Crippen LogP contribution in [0.5, 0.6) is 0 Å². The number of quaternary nitrogens is 1. The summed E-state index contributed by atoms with van der Waals surface area (Å²) in [6.07, 6.45) is 3.18. The van der Waals surface area contributed by atoms with Gasteiger partial charge in [0.05, 0.1) is 13.1 Å². The van der Waals surface area contributed by atoms with E-state index < -0.39 is 0 Å². The predicted octanol–water partition coefficient (Wildman–Crippen LogP) is 2.52. The Morgan fingerprint density at radius 3 is 2.62 bits per heavy atom. The first kappa shape index (κ1) is 16.4.